The number of cyclic esters (lactones) is 1. The number of pyridine rings is 1. The van der Waals surface area contributed by atoms with E-state index in [1.807, 2.05) is 42.5 Å². The van der Waals surface area contributed by atoms with E-state index in [4.69, 9.17) is 26.3 Å². The van der Waals surface area contributed by atoms with Gasteiger partial charge in [-0.2, -0.15) is 5.26 Å². The fourth-order valence-corrected chi connectivity index (χ4v) is 4.90. The lowest BCUT2D eigenvalue weighted by Crippen LogP contribution is -2.49. The number of carbonyl (C=O) groups excluding carboxylic acids is 1. The van der Waals surface area contributed by atoms with Gasteiger partial charge in [0.2, 0.25) is 0 Å². The first-order chi connectivity index (χ1) is 17.6. The number of ether oxygens (including phenoxy) is 2. The first kappa shape index (κ1) is 23.9. The lowest BCUT2D eigenvalue weighted by atomic mass is 9.99. The van der Waals surface area contributed by atoms with Crippen LogP contribution in [0.1, 0.15) is 17.2 Å². The number of anilines is 2. The van der Waals surface area contributed by atoms with Gasteiger partial charge in [-0.3, -0.25) is 9.80 Å². The van der Waals surface area contributed by atoms with Gasteiger partial charge in [-0.1, -0.05) is 23.7 Å². The predicted octanol–water partition coefficient (Wildman–Crippen LogP) is 4.50. The van der Waals surface area contributed by atoms with Crippen LogP contribution in [-0.4, -0.2) is 61.9 Å². The zero-order valence-electron chi connectivity index (χ0n) is 19.9. The molecule has 0 saturated carbocycles. The Morgan fingerprint density at radius 3 is 2.56 bits per heavy atom. The molecule has 5 rings (SSSR count). The molecule has 0 unspecified atom stereocenters. The van der Waals surface area contributed by atoms with E-state index in [9.17, 15) is 4.79 Å². The second kappa shape index (κ2) is 10.4. The van der Waals surface area contributed by atoms with Gasteiger partial charge < -0.3 is 14.4 Å². The number of carbonyl (C=O) groups is 1. The molecule has 9 heteroatoms. The standard InChI is InChI=1S/C27H26ClN5O3/c1-35-23-4-2-3-20(15-23)26-24(36-27(34)33(26)22-8-6-21(28)7-9-22)18-31-11-13-32(14-12-31)25-10-5-19(16-29)17-30-25/h2-10,15,17,24,26H,11-14,18H2,1H3/t24-,26-/m0/s1. The second-order valence-corrected chi connectivity index (χ2v) is 9.23. The summed E-state index contributed by atoms with van der Waals surface area (Å²) >= 11 is 6.10. The fraction of sp³-hybridized carbons (Fsp3) is 0.296. The van der Waals surface area contributed by atoms with Crippen molar-refractivity contribution < 1.29 is 14.3 Å². The van der Waals surface area contributed by atoms with Crippen molar-refractivity contribution in [1.29, 1.82) is 5.26 Å². The van der Waals surface area contributed by atoms with E-state index in [1.54, 1.807) is 36.4 Å². The molecule has 36 heavy (non-hydrogen) atoms. The number of rotatable bonds is 6. The van der Waals surface area contributed by atoms with E-state index in [2.05, 4.69) is 20.9 Å². The van der Waals surface area contributed by atoms with Gasteiger partial charge in [0.05, 0.1) is 12.7 Å². The quantitative estimate of drug-likeness (QED) is 0.489. The van der Waals surface area contributed by atoms with E-state index < -0.39 is 0 Å². The molecule has 2 aromatic carbocycles. The average molecular weight is 504 g/mol. The van der Waals surface area contributed by atoms with Crippen LogP contribution < -0.4 is 14.5 Å². The summed E-state index contributed by atoms with van der Waals surface area (Å²) in [5.41, 5.74) is 2.23. The zero-order valence-corrected chi connectivity index (χ0v) is 20.6. The Labute approximate surface area is 215 Å². The number of piperazine rings is 1. The smallest absolute Gasteiger partial charge is 0.415 e. The molecule has 1 amide bonds. The van der Waals surface area contributed by atoms with Crippen molar-refractivity contribution in [2.45, 2.75) is 12.1 Å². The highest BCUT2D eigenvalue weighted by Gasteiger charge is 2.44. The van der Waals surface area contributed by atoms with Crippen LogP contribution in [0.2, 0.25) is 5.02 Å². The van der Waals surface area contributed by atoms with Crippen LogP contribution in [0.4, 0.5) is 16.3 Å². The molecular weight excluding hydrogens is 478 g/mol. The van der Waals surface area contributed by atoms with Crippen LogP contribution in [0.15, 0.2) is 66.9 Å². The molecule has 0 spiro atoms. The topological polar surface area (TPSA) is 81.9 Å². The largest absolute Gasteiger partial charge is 0.497 e. The lowest BCUT2D eigenvalue weighted by Gasteiger charge is -2.37. The lowest BCUT2D eigenvalue weighted by molar-refractivity contribution is 0.0939. The Kier molecular flexibility index (Phi) is 6.94. The number of halogens is 1. The van der Waals surface area contributed by atoms with Crippen molar-refractivity contribution in [3.8, 4) is 11.8 Å². The predicted molar refractivity (Wildman–Crippen MR) is 138 cm³/mol. The van der Waals surface area contributed by atoms with Gasteiger partial charge in [-0.15, -0.1) is 0 Å². The van der Waals surface area contributed by atoms with Gasteiger partial charge in [0.25, 0.3) is 0 Å². The highest BCUT2D eigenvalue weighted by atomic mass is 35.5. The third-order valence-corrected chi connectivity index (χ3v) is 6.88. The molecule has 0 N–H and O–H groups in total. The van der Waals surface area contributed by atoms with Crippen molar-refractivity contribution >= 4 is 29.2 Å². The van der Waals surface area contributed by atoms with E-state index in [0.717, 1.165) is 49.0 Å². The number of aromatic nitrogens is 1. The summed E-state index contributed by atoms with van der Waals surface area (Å²) in [6, 6.07) is 20.5. The van der Waals surface area contributed by atoms with Gasteiger partial charge in [0, 0.05) is 49.6 Å². The van der Waals surface area contributed by atoms with E-state index >= 15 is 0 Å². The SMILES string of the molecule is COc1cccc([C@H]2[C@H](CN3CCN(c4ccc(C#N)cn4)CC3)OC(=O)N2c2ccc(Cl)cc2)c1. The van der Waals surface area contributed by atoms with Gasteiger partial charge in [-0.25, -0.2) is 9.78 Å². The fourth-order valence-electron chi connectivity index (χ4n) is 4.78. The Bertz CT molecular complexity index is 1250. The molecule has 2 aliphatic rings. The Balaban J connectivity index is 1.34. The average Bonchev–Trinajstić information content (AvgIpc) is 3.25. The summed E-state index contributed by atoms with van der Waals surface area (Å²) < 4.78 is 11.4. The van der Waals surface area contributed by atoms with Crippen LogP contribution in [0.25, 0.3) is 0 Å². The maximum atomic E-state index is 13.1. The monoisotopic (exact) mass is 503 g/mol. The first-order valence-electron chi connectivity index (χ1n) is 11.8. The van der Waals surface area contributed by atoms with E-state index in [0.29, 0.717) is 17.1 Å². The Morgan fingerprint density at radius 2 is 1.89 bits per heavy atom. The molecule has 2 saturated heterocycles. The molecular formula is C27H26ClN5O3. The maximum absolute atomic E-state index is 13.1. The Morgan fingerprint density at radius 1 is 1.11 bits per heavy atom. The number of hydrogen-bond donors (Lipinski definition) is 0. The molecule has 3 aromatic rings. The molecule has 2 atom stereocenters. The van der Waals surface area contributed by atoms with Gasteiger partial charge in [0.15, 0.2) is 0 Å². The molecule has 0 radical (unpaired) electrons. The summed E-state index contributed by atoms with van der Waals surface area (Å²) in [5, 5.41) is 9.61. The first-order valence-corrected chi connectivity index (χ1v) is 12.2. The van der Waals surface area contributed by atoms with Crippen molar-refractivity contribution in [3.05, 3.63) is 83.0 Å². The van der Waals surface area contributed by atoms with Gasteiger partial charge >= 0.3 is 6.09 Å². The third-order valence-electron chi connectivity index (χ3n) is 6.63. The van der Waals surface area contributed by atoms with Gasteiger partial charge in [-0.05, 0) is 54.1 Å². The third kappa shape index (κ3) is 4.94. The summed E-state index contributed by atoms with van der Waals surface area (Å²) in [5.74, 6) is 1.59. The minimum atomic E-state index is -0.379. The minimum absolute atomic E-state index is 0.313. The van der Waals surface area contributed by atoms with Crippen molar-refractivity contribution in [3.63, 3.8) is 0 Å². The van der Waals surface area contributed by atoms with Crippen LogP contribution in [0, 0.1) is 11.3 Å². The molecule has 2 fully saturated rings. The molecule has 184 valence electrons. The molecule has 3 heterocycles. The second-order valence-electron chi connectivity index (χ2n) is 8.79. The van der Waals surface area contributed by atoms with E-state index in [1.165, 1.54) is 0 Å². The summed E-state index contributed by atoms with van der Waals surface area (Å²) in [6.45, 7) is 3.81. The minimum Gasteiger partial charge on any atom is -0.497 e. The van der Waals surface area contributed by atoms with E-state index in [-0.39, 0.29) is 18.2 Å². The molecule has 2 aliphatic heterocycles. The zero-order chi connectivity index (χ0) is 25.1. The number of amides is 1. The number of benzene rings is 2. The van der Waals surface area contributed by atoms with Crippen molar-refractivity contribution in [2.75, 3.05) is 49.6 Å². The van der Waals surface area contributed by atoms with Crippen LogP contribution in [-0.2, 0) is 4.74 Å². The van der Waals surface area contributed by atoms with Crippen molar-refractivity contribution in [2.24, 2.45) is 0 Å². The number of hydrogen-bond acceptors (Lipinski definition) is 7. The van der Waals surface area contributed by atoms with Crippen LogP contribution >= 0.6 is 11.6 Å². The molecule has 0 bridgehead atoms. The number of nitrogens with zero attached hydrogens (tertiary/aromatic N) is 5. The maximum Gasteiger partial charge on any atom is 0.415 e. The van der Waals surface area contributed by atoms with Crippen LogP contribution in [0.5, 0.6) is 5.75 Å². The molecule has 8 nitrogen and oxygen atoms in total. The summed E-state index contributed by atoms with van der Waals surface area (Å²) in [6.07, 6.45) is 0.861. The number of methoxy groups -OCH3 is 1. The number of nitriles is 1. The van der Waals surface area contributed by atoms with Gasteiger partial charge in [0.1, 0.15) is 29.8 Å². The summed E-state index contributed by atoms with van der Waals surface area (Å²) in [4.78, 5) is 23.8. The molecule has 1 aromatic heterocycles. The van der Waals surface area contributed by atoms with Crippen molar-refractivity contribution in [1.82, 2.24) is 9.88 Å². The highest BCUT2D eigenvalue weighted by molar-refractivity contribution is 6.30. The molecule has 0 aliphatic carbocycles. The normalized spacial score (nSPS) is 20.2. The van der Waals surface area contributed by atoms with Crippen LogP contribution in [0.3, 0.4) is 0 Å². The Hall–Kier alpha value is -3.80. The highest BCUT2D eigenvalue weighted by Crippen LogP contribution is 2.39. The summed E-state index contributed by atoms with van der Waals surface area (Å²) in [7, 11) is 1.63.